The average Bonchev–Trinajstić information content (AvgIpc) is 3.85. The summed E-state index contributed by atoms with van der Waals surface area (Å²) in [4.78, 5) is 0. The number of halogens is 6. The summed E-state index contributed by atoms with van der Waals surface area (Å²) in [6, 6.07) is 62.5. The van der Waals surface area contributed by atoms with Crippen LogP contribution in [0.25, 0.3) is 99.5 Å². The van der Waals surface area contributed by atoms with Gasteiger partial charge in [-0.05, 0) is 106 Å². The molecule has 0 saturated carbocycles. The first-order chi connectivity index (χ1) is 32.0. The normalized spacial score (nSPS) is 12.1. The number of nitriles is 1. The van der Waals surface area contributed by atoms with Crippen molar-refractivity contribution in [3.63, 3.8) is 0 Å². The maximum Gasteiger partial charge on any atom is 0.417 e. The minimum Gasteiger partial charge on any atom is -0.309 e. The molecule has 0 N–H and O–H groups in total. The van der Waals surface area contributed by atoms with Crippen molar-refractivity contribution in [3.8, 4) is 62.0 Å². The van der Waals surface area contributed by atoms with Gasteiger partial charge >= 0.3 is 12.4 Å². The van der Waals surface area contributed by atoms with Crippen LogP contribution >= 0.6 is 0 Å². The number of nitrogens with zero attached hydrogens (tertiary/aromatic N) is 3. The molecule has 9 heteroatoms. The maximum absolute atomic E-state index is 14.9. The molecule has 3 nitrogen and oxygen atoms in total. The zero-order chi connectivity index (χ0) is 45.3. The van der Waals surface area contributed by atoms with E-state index >= 15 is 0 Å². The predicted octanol–water partition coefficient (Wildman–Crippen LogP) is 16.5. The molecule has 0 saturated heterocycles. The fourth-order valence-corrected chi connectivity index (χ4v) is 9.42. The van der Waals surface area contributed by atoms with E-state index in [1.165, 1.54) is 6.07 Å². The molecule has 0 fully saturated rings. The number of hydrogen-bond donors (Lipinski definition) is 0. The lowest BCUT2D eigenvalue weighted by Gasteiger charge is -2.21. The number of para-hydroxylation sites is 2. The second-order valence-electron chi connectivity index (χ2n) is 16.2. The van der Waals surface area contributed by atoms with Gasteiger partial charge in [-0.2, -0.15) is 31.6 Å². The molecule has 0 aliphatic heterocycles. The minimum atomic E-state index is -5.11. The Hall–Kier alpha value is -8.35. The summed E-state index contributed by atoms with van der Waals surface area (Å²) in [6.07, 6.45) is -10.1. The van der Waals surface area contributed by atoms with E-state index in [0.717, 1.165) is 71.9 Å². The van der Waals surface area contributed by atoms with Crippen LogP contribution in [0.15, 0.2) is 200 Å². The molecule has 2 aromatic heterocycles. The van der Waals surface area contributed by atoms with Crippen LogP contribution in [-0.2, 0) is 12.4 Å². The molecule has 0 atom stereocenters. The molecular weight excluding hydrogens is 841 g/mol. The maximum atomic E-state index is 14.9. The van der Waals surface area contributed by atoms with Gasteiger partial charge in [0.2, 0.25) is 0 Å². The van der Waals surface area contributed by atoms with E-state index in [1.807, 2.05) is 114 Å². The number of benzene rings is 9. The van der Waals surface area contributed by atoms with Crippen molar-refractivity contribution in [1.82, 2.24) is 9.13 Å². The van der Waals surface area contributed by atoms with Gasteiger partial charge < -0.3 is 9.13 Å². The minimum absolute atomic E-state index is 0.0601. The fourth-order valence-electron chi connectivity index (χ4n) is 9.42. The van der Waals surface area contributed by atoms with E-state index in [9.17, 15) is 31.6 Å². The summed E-state index contributed by atoms with van der Waals surface area (Å²) in [6.45, 7) is 0. The first kappa shape index (κ1) is 40.4. The third-order valence-corrected chi connectivity index (χ3v) is 12.4. The Morgan fingerprint density at radius 2 is 0.848 bits per heavy atom. The van der Waals surface area contributed by atoms with Crippen molar-refractivity contribution in [2.24, 2.45) is 0 Å². The van der Waals surface area contributed by atoms with E-state index in [2.05, 4.69) is 53.1 Å². The summed E-state index contributed by atoms with van der Waals surface area (Å²) in [5.74, 6) is 0. The highest BCUT2D eigenvalue weighted by Crippen LogP contribution is 2.46. The van der Waals surface area contributed by atoms with Crippen molar-refractivity contribution in [2.45, 2.75) is 12.4 Å². The second kappa shape index (κ2) is 15.4. The second-order valence-corrected chi connectivity index (χ2v) is 16.2. The Labute approximate surface area is 374 Å². The Kier molecular flexibility index (Phi) is 9.45. The molecular formula is C57H33F6N3. The van der Waals surface area contributed by atoms with Crippen LogP contribution in [0.5, 0.6) is 0 Å². The Bertz CT molecular complexity index is 3740. The number of fused-ring (bicyclic) bond motifs is 6. The molecule has 0 spiro atoms. The van der Waals surface area contributed by atoms with E-state index in [1.54, 1.807) is 24.3 Å². The average molecular weight is 874 g/mol. The highest BCUT2D eigenvalue weighted by Gasteiger charge is 2.38. The molecule has 11 aromatic rings. The summed E-state index contributed by atoms with van der Waals surface area (Å²) >= 11 is 0. The summed E-state index contributed by atoms with van der Waals surface area (Å²) in [5, 5.41) is 14.2. The van der Waals surface area contributed by atoms with Gasteiger partial charge in [-0.1, -0.05) is 127 Å². The lowest BCUT2D eigenvalue weighted by Crippen LogP contribution is -2.12. The summed E-state index contributed by atoms with van der Waals surface area (Å²) in [5.41, 5.74) is 6.92. The molecule has 11 rings (SSSR count). The van der Waals surface area contributed by atoms with Crippen LogP contribution in [0.2, 0.25) is 0 Å². The first-order valence-electron chi connectivity index (χ1n) is 21.1. The molecule has 66 heavy (non-hydrogen) atoms. The zero-order valence-electron chi connectivity index (χ0n) is 34.7. The fraction of sp³-hybridized carbons (Fsp3) is 0.0351. The number of rotatable bonds is 6. The largest absolute Gasteiger partial charge is 0.417 e. The monoisotopic (exact) mass is 873 g/mol. The van der Waals surface area contributed by atoms with Crippen LogP contribution < -0.4 is 0 Å². The van der Waals surface area contributed by atoms with Gasteiger partial charge in [-0.25, -0.2) is 0 Å². The van der Waals surface area contributed by atoms with Crippen molar-refractivity contribution < 1.29 is 26.3 Å². The zero-order valence-corrected chi connectivity index (χ0v) is 34.7. The van der Waals surface area contributed by atoms with E-state index in [4.69, 9.17) is 0 Å². The first-order valence-corrected chi connectivity index (χ1v) is 21.1. The van der Waals surface area contributed by atoms with Gasteiger partial charge in [0, 0.05) is 32.7 Å². The summed E-state index contributed by atoms with van der Waals surface area (Å²) in [7, 11) is 0. The van der Waals surface area contributed by atoms with E-state index < -0.39 is 29.0 Å². The molecule has 0 bridgehead atoms. The number of alkyl halides is 6. The van der Waals surface area contributed by atoms with E-state index in [-0.39, 0.29) is 11.6 Å². The predicted molar refractivity (Wildman–Crippen MR) is 252 cm³/mol. The molecule has 0 unspecified atom stereocenters. The molecule has 2 heterocycles. The van der Waals surface area contributed by atoms with Gasteiger partial charge in [0.25, 0.3) is 0 Å². The van der Waals surface area contributed by atoms with E-state index in [0.29, 0.717) is 34.1 Å². The van der Waals surface area contributed by atoms with Crippen molar-refractivity contribution >= 4 is 43.6 Å². The Morgan fingerprint density at radius 1 is 0.348 bits per heavy atom. The molecule has 0 aliphatic rings. The number of aromatic nitrogens is 2. The van der Waals surface area contributed by atoms with Crippen LogP contribution in [-0.4, -0.2) is 9.13 Å². The SMILES string of the molecule is N#Cc1ccc(-n2c3ccccc3c3cc(-c4ccccc4)ccc32)c(-c2ccc(-c3ccc(C(F)(F)F)cc3C(F)(F)F)cc2-n2c3ccccc3c3cc(-c4ccccc4)ccc32)c1. The highest BCUT2D eigenvalue weighted by atomic mass is 19.4. The van der Waals surface area contributed by atoms with Crippen LogP contribution in [0, 0.1) is 11.3 Å². The smallest absolute Gasteiger partial charge is 0.309 e. The van der Waals surface area contributed by atoms with Crippen LogP contribution in [0.1, 0.15) is 16.7 Å². The quantitative estimate of drug-likeness (QED) is 0.153. The van der Waals surface area contributed by atoms with Crippen molar-refractivity contribution in [2.75, 3.05) is 0 Å². The lowest BCUT2D eigenvalue weighted by atomic mass is 9.92. The van der Waals surface area contributed by atoms with Gasteiger partial charge in [0.15, 0.2) is 0 Å². The number of hydrogen-bond acceptors (Lipinski definition) is 1. The van der Waals surface area contributed by atoms with Gasteiger partial charge in [0.1, 0.15) is 0 Å². The molecule has 0 amide bonds. The molecule has 318 valence electrons. The third-order valence-electron chi connectivity index (χ3n) is 12.4. The standard InChI is InChI=1S/C57H33F6N3/c58-56(59,60)41-23-25-42(49(33-41)57(61,62)63)40-20-24-45(55(32-40)66-51-18-10-8-16-44(51)48-31-39(22-28-54(48)66)37-13-5-2-6-14-37)46-29-35(34-64)19-26-52(46)65-50-17-9-7-15-43(50)47-30-38(21-27-53(47)65)36-11-3-1-4-12-36/h1-33H. The highest BCUT2D eigenvalue weighted by molar-refractivity contribution is 6.13. The summed E-state index contributed by atoms with van der Waals surface area (Å²) < 4.78 is 90.6. The third kappa shape index (κ3) is 6.77. The lowest BCUT2D eigenvalue weighted by molar-refractivity contribution is -0.142. The Balaban J connectivity index is 1.23. The van der Waals surface area contributed by atoms with Crippen LogP contribution in [0.3, 0.4) is 0 Å². The molecule has 0 aliphatic carbocycles. The van der Waals surface area contributed by atoms with Gasteiger partial charge in [-0.3, -0.25) is 0 Å². The van der Waals surface area contributed by atoms with Crippen LogP contribution in [0.4, 0.5) is 26.3 Å². The van der Waals surface area contributed by atoms with Crippen molar-refractivity contribution in [3.05, 3.63) is 217 Å². The molecule has 0 radical (unpaired) electrons. The Morgan fingerprint density at radius 3 is 1.39 bits per heavy atom. The topological polar surface area (TPSA) is 33.6 Å². The van der Waals surface area contributed by atoms with Gasteiger partial charge in [-0.15, -0.1) is 0 Å². The van der Waals surface area contributed by atoms with Gasteiger partial charge in [0.05, 0.1) is 56.2 Å². The van der Waals surface area contributed by atoms with Crippen molar-refractivity contribution in [1.29, 1.82) is 5.26 Å². The molecule has 9 aromatic carbocycles.